The molecule has 0 amide bonds. The van der Waals surface area contributed by atoms with Crippen molar-refractivity contribution in [2.75, 3.05) is 0 Å². The number of benzene rings is 1. The van der Waals surface area contributed by atoms with Gasteiger partial charge in [-0.05, 0) is 18.4 Å². The molecule has 0 fully saturated rings. The number of thiocarbonyl (C=S) groups is 1. The third-order valence-corrected chi connectivity index (χ3v) is 3.31. The number of rotatable bonds is 7. The third-order valence-electron chi connectivity index (χ3n) is 2.85. The molecular weight excluding hydrogens is 248 g/mol. The molecule has 0 saturated carbocycles. The molecule has 96 valence electrons. The molecule has 0 heterocycles. The Labute approximate surface area is 112 Å². The maximum Gasteiger partial charge on any atom is 0.306 e. The predicted molar refractivity (Wildman–Crippen MR) is 73.8 cm³/mol. The van der Waals surface area contributed by atoms with Crippen molar-refractivity contribution in [3.8, 4) is 0 Å². The Morgan fingerprint density at radius 3 is 2.39 bits per heavy atom. The van der Waals surface area contributed by atoms with Gasteiger partial charge in [-0.25, -0.2) is 0 Å². The van der Waals surface area contributed by atoms with Gasteiger partial charge < -0.3 is 5.11 Å². The van der Waals surface area contributed by atoms with E-state index in [0.717, 1.165) is 5.56 Å². The van der Waals surface area contributed by atoms with Gasteiger partial charge in [0.25, 0.3) is 0 Å². The predicted octanol–water partition coefficient (Wildman–Crippen LogP) is 2.86. The van der Waals surface area contributed by atoms with Gasteiger partial charge in [-0.1, -0.05) is 49.5 Å². The van der Waals surface area contributed by atoms with E-state index in [0.29, 0.717) is 12.8 Å². The van der Waals surface area contributed by atoms with Crippen LogP contribution in [0.4, 0.5) is 0 Å². The van der Waals surface area contributed by atoms with Crippen LogP contribution in [0.5, 0.6) is 0 Å². The fourth-order valence-electron chi connectivity index (χ4n) is 1.67. The Kier molecular flexibility index (Phi) is 5.65. The number of carbonyl (C=O) groups is 2. The number of hydrogen-bond donors (Lipinski definition) is 1. The molecule has 1 rings (SSSR count). The van der Waals surface area contributed by atoms with Gasteiger partial charge >= 0.3 is 5.97 Å². The highest BCUT2D eigenvalue weighted by Crippen LogP contribution is 2.13. The van der Waals surface area contributed by atoms with Gasteiger partial charge in [0.2, 0.25) is 0 Å². The third kappa shape index (κ3) is 4.04. The molecule has 1 N–H and O–H groups in total. The molecule has 0 bridgehead atoms. The van der Waals surface area contributed by atoms with Crippen LogP contribution in [0.3, 0.4) is 0 Å². The summed E-state index contributed by atoms with van der Waals surface area (Å²) < 4.78 is 0. The van der Waals surface area contributed by atoms with Crippen molar-refractivity contribution < 1.29 is 14.7 Å². The zero-order valence-electron chi connectivity index (χ0n) is 10.3. The van der Waals surface area contributed by atoms with Gasteiger partial charge in [-0.3, -0.25) is 9.59 Å². The first kappa shape index (κ1) is 14.5. The van der Waals surface area contributed by atoms with Gasteiger partial charge in [-0.15, -0.1) is 0 Å². The highest BCUT2D eigenvalue weighted by Gasteiger charge is 2.18. The molecule has 1 aromatic carbocycles. The standard InChI is InChI=1S/C14H16O3S/c1-2-10(14(16)17)8-9-12(15)13(18)11-6-4-3-5-7-11/h3-7,10H,2,8-9H2,1H3,(H,16,17)/t10-/m1/s1. The van der Waals surface area contributed by atoms with Gasteiger partial charge in [0, 0.05) is 6.42 Å². The van der Waals surface area contributed by atoms with E-state index in [1.807, 2.05) is 18.2 Å². The Balaban J connectivity index is 2.56. The Morgan fingerprint density at radius 2 is 1.89 bits per heavy atom. The van der Waals surface area contributed by atoms with E-state index in [-0.39, 0.29) is 17.1 Å². The number of carboxylic acid groups (broad SMARTS) is 1. The largest absolute Gasteiger partial charge is 0.481 e. The van der Waals surface area contributed by atoms with Crippen molar-refractivity contribution in [2.45, 2.75) is 26.2 Å². The molecule has 0 saturated heterocycles. The fraction of sp³-hybridized carbons (Fsp3) is 0.357. The minimum absolute atomic E-state index is 0.157. The number of aliphatic carboxylic acids is 1. The lowest BCUT2D eigenvalue weighted by molar-refractivity contribution is -0.142. The van der Waals surface area contributed by atoms with Gasteiger partial charge in [0.15, 0.2) is 5.78 Å². The summed E-state index contributed by atoms with van der Waals surface area (Å²) in [6, 6.07) is 9.07. The Morgan fingerprint density at radius 1 is 1.28 bits per heavy atom. The summed E-state index contributed by atoms with van der Waals surface area (Å²) >= 11 is 5.10. The molecule has 0 aliphatic heterocycles. The van der Waals surface area contributed by atoms with Crippen molar-refractivity contribution in [1.29, 1.82) is 0 Å². The molecule has 1 atom stereocenters. The van der Waals surface area contributed by atoms with E-state index in [4.69, 9.17) is 17.3 Å². The van der Waals surface area contributed by atoms with Crippen LogP contribution in [-0.4, -0.2) is 21.7 Å². The van der Waals surface area contributed by atoms with Crippen molar-refractivity contribution in [2.24, 2.45) is 5.92 Å². The molecule has 3 nitrogen and oxygen atoms in total. The Hall–Kier alpha value is -1.55. The van der Waals surface area contributed by atoms with Crippen molar-refractivity contribution in [1.82, 2.24) is 0 Å². The molecule has 4 heteroatoms. The SMILES string of the molecule is CC[C@H](CCC(=O)C(=S)c1ccccc1)C(=O)O. The van der Waals surface area contributed by atoms with E-state index in [2.05, 4.69) is 0 Å². The minimum Gasteiger partial charge on any atom is -0.481 e. The minimum atomic E-state index is -0.851. The van der Waals surface area contributed by atoms with Crippen molar-refractivity contribution in [3.05, 3.63) is 35.9 Å². The average molecular weight is 264 g/mol. The molecule has 0 aromatic heterocycles. The number of carboxylic acids is 1. The zero-order valence-corrected chi connectivity index (χ0v) is 11.1. The highest BCUT2D eigenvalue weighted by molar-refractivity contribution is 7.82. The van der Waals surface area contributed by atoms with Crippen LogP contribution >= 0.6 is 12.2 Å². The van der Waals surface area contributed by atoms with E-state index in [9.17, 15) is 9.59 Å². The van der Waals surface area contributed by atoms with Gasteiger partial charge in [0.1, 0.15) is 0 Å². The molecular formula is C14H16O3S. The second-order valence-electron chi connectivity index (χ2n) is 4.10. The fourth-order valence-corrected chi connectivity index (χ4v) is 1.91. The van der Waals surface area contributed by atoms with Crippen LogP contribution in [0, 0.1) is 5.92 Å². The van der Waals surface area contributed by atoms with E-state index >= 15 is 0 Å². The molecule has 0 unspecified atom stereocenters. The quantitative estimate of drug-likeness (QED) is 0.607. The van der Waals surface area contributed by atoms with E-state index < -0.39 is 11.9 Å². The molecule has 0 aliphatic carbocycles. The lowest BCUT2D eigenvalue weighted by Crippen LogP contribution is -2.18. The lowest BCUT2D eigenvalue weighted by atomic mass is 9.97. The second-order valence-corrected chi connectivity index (χ2v) is 4.51. The average Bonchev–Trinajstić information content (AvgIpc) is 2.39. The topological polar surface area (TPSA) is 54.4 Å². The summed E-state index contributed by atoms with van der Waals surface area (Å²) in [4.78, 5) is 23.0. The maximum absolute atomic E-state index is 11.9. The first-order chi connectivity index (χ1) is 8.56. The van der Waals surface area contributed by atoms with Gasteiger partial charge in [0.05, 0.1) is 10.8 Å². The van der Waals surface area contributed by atoms with E-state index in [1.165, 1.54) is 0 Å². The molecule has 18 heavy (non-hydrogen) atoms. The normalized spacial score (nSPS) is 11.8. The lowest BCUT2D eigenvalue weighted by Gasteiger charge is -2.09. The molecule has 0 radical (unpaired) electrons. The summed E-state index contributed by atoms with van der Waals surface area (Å²) in [5, 5.41) is 8.90. The van der Waals surface area contributed by atoms with Crippen LogP contribution in [-0.2, 0) is 9.59 Å². The van der Waals surface area contributed by atoms with Crippen LogP contribution in [0.2, 0.25) is 0 Å². The summed E-state index contributed by atoms with van der Waals surface area (Å²) in [5.74, 6) is -1.47. The number of carbonyl (C=O) groups excluding carboxylic acids is 1. The van der Waals surface area contributed by atoms with Crippen LogP contribution in [0.15, 0.2) is 30.3 Å². The summed E-state index contributed by atoms with van der Waals surface area (Å²) in [7, 11) is 0. The smallest absolute Gasteiger partial charge is 0.306 e. The summed E-state index contributed by atoms with van der Waals surface area (Å²) in [6.07, 6.45) is 1.07. The number of ketones is 1. The monoisotopic (exact) mass is 264 g/mol. The van der Waals surface area contributed by atoms with Crippen LogP contribution < -0.4 is 0 Å². The van der Waals surface area contributed by atoms with Crippen molar-refractivity contribution in [3.63, 3.8) is 0 Å². The maximum atomic E-state index is 11.9. The Bertz CT molecular complexity index is 440. The van der Waals surface area contributed by atoms with Gasteiger partial charge in [-0.2, -0.15) is 0 Å². The molecule has 0 spiro atoms. The van der Waals surface area contributed by atoms with E-state index in [1.54, 1.807) is 19.1 Å². The van der Waals surface area contributed by atoms with Crippen molar-refractivity contribution >= 4 is 28.8 Å². The first-order valence-corrected chi connectivity index (χ1v) is 6.32. The zero-order chi connectivity index (χ0) is 13.5. The van der Waals surface area contributed by atoms with Crippen LogP contribution in [0.25, 0.3) is 0 Å². The molecule has 0 aliphatic rings. The second kappa shape index (κ2) is 7.01. The molecule has 1 aromatic rings. The summed E-state index contributed by atoms with van der Waals surface area (Å²) in [5.41, 5.74) is 0.723. The van der Waals surface area contributed by atoms with Crippen LogP contribution in [0.1, 0.15) is 31.7 Å². The summed E-state index contributed by atoms with van der Waals surface area (Å²) in [6.45, 7) is 1.80. The first-order valence-electron chi connectivity index (χ1n) is 5.91. The number of hydrogen-bond acceptors (Lipinski definition) is 3. The number of Topliss-reactive ketones (excluding diaryl/α,β-unsaturated/α-hetero) is 1. The highest BCUT2D eigenvalue weighted by atomic mass is 32.1.